The van der Waals surface area contributed by atoms with Gasteiger partial charge in [0.2, 0.25) is 0 Å². The highest BCUT2D eigenvalue weighted by Gasteiger charge is 2.17. The summed E-state index contributed by atoms with van der Waals surface area (Å²) in [4.78, 5) is 31.1. The normalized spacial score (nSPS) is 11.3. The molecule has 0 atom stereocenters. The number of ether oxygens (including phenoxy) is 1. The second kappa shape index (κ2) is 11.2. The fourth-order valence-electron chi connectivity index (χ4n) is 2.81. The lowest BCUT2D eigenvalue weighted by molar-refractivity contribution is 0.0827. The number of aliphatic imine (C=N–C) groups is 1. The average molecular weight is 453 g/mol. The lowest BCUT2D eigenvalue weighted by Crippen LogP contribution is -2.21. The molecular weight excluding hydrogens is 424 g/mol. The molecule has 0 fully saturated rings. The molecule has 168 valence electrons. The van der Waals surface area contributed by atoms with Gasteiger partial charge < -0.3 is 20.7 Å². The summed E-state index contributed by atoms with van der Waals surface area (Å²) >= 11 is 1.48. The first kappa shape index (κ1) is 24.7. The van der Waals surface area contributed by atoms with Crippen molar-refractivity contribution in [2.45, 2.75) is 11.8 Å². The number of allylic oxidation sites excluding steroid dienone is 1. The van der Waals surface area contributed by atoms with Crippen LogP contribution in [0.5, 0.6) is 11.5 Å². The van der Waals surface area contributed by atoms with E-state index < -0.39 is 5.91 Å². The summed E-state index contributed by atoms with van der Waals surface area (Å²) < 4.78 is 6.11. The first-order chi connectivity index (χ1) is 15.2. The number of nitrogens with one attached hydrogen (secondary N) is 1. The molecule has 32 heavy (non-hydrogen) atoms. The highest BCUT2D eigenvalue weighted by atomic mass is 32.2. The van der Waals surface area contributed by atoms with Gasteiger partial charge in [-0.2, -0.15) is 4.99 Å². The zero-order valence-electron chi connectivity index (χ0n) is 18.9. The van der Waals surface area contributed by atoms with E-state index in [2.05, 4.69) is 16.9 Å². The van der Waals surface area contributed by atoms with Crippen LogP contribution in [0.4, 0.5) is 0 Å². The quantitative estimate of drug-likeness (QED) is 0.355. The van der Waals surface area contributed by atoms with Gasteiger partial charge in [-0.15, -0.1) is 11.8 Å². The van der Waals surface area contributed by atoms with E-state index in [4.69, 9.17) is 10.5 Å². The molecule has 0 aliphatic rings. The van der Waals surface area contributed by atoms with Crippen molar-refractivity contribution in [3.05, 3.63) is 71.9 Å². The van der Waals surface area contributed by atoms with Gasteiger partial charge in [0.1, 0.15) is 17.3 Å². The summed E-state index contributed by atoms with van der Waals surface area (Å²) in [5.74, 6) is 0.504. The van der Waals surface area contributed by atoms with Crippen LogP contribution in [0, 0.1) is 0 Å². The third-order valence-corrected chi connectivity index (χ3v) is 5.11. The molecule has 2 rings (SSSR count). The Morgan fingerprint density at radius 2 is 1.84 bits per heavy atom. The Morgan fingerprint density at radius 3 is 2.38 bits per heavy atom. The van der Waals surface area contributed by atoms with Gasteiger partial charge in [-0.05, 0) is 67.4 Å². The Bertz CT molecular complexity index is 1070. The van der Waals surface area contributed by atoms with E-state index in [0.717, 1.165) is 16.0 Å². The number of rotatable bonds is 8. The summed E-state index contributed by atoms with van der Waals surface area (Å²) in [7, 11) is 5.11. The number of hydrogen-bond donors (Lipinski definition) is 2. The fourth-order valence-corrected chi connectivity index (χ4v) is 3.54. The highest BCUT2D eigenvalue weighted by molar-refractivity contribution is 7.98. The van der Waals surface area contributed by atoms with E-state index in [1.165, 1.54) is 22.7 Å². The molecule has 0 bridgehead atoms. The Morgan fingerprint density at radius 1 is 1.19 bits per heavy atom. The molecule has 0 unspecified atom stereocenters. The van der Waals surface area contributed by atoms with Gasteiger partial charge in [0.05, 0.1) is 0 Å². The summed E-state index contributed by atoms with van der Waals surface area (Å²) in [5, 5.41) is 2.79. The Hall–Kier alpha value is -3.52. The molecule has 3 N–H and O–H groups in total. The first-order valence-electron chi connectivity index (χ1n) is 9.77. The number of nitrogens with two attached hydrogens (primary N) is 1. The minimum absolute atomic E-state index is 0.0858. The molecule has 0 radical (unpaired) electrons. The van der Waals surface area contributed by atoms with Gasteiger partial charge in [0.15, 0.2) is 0 Å². The summed E-state index contributed by atoms with van der Waals surface area (Å²) in [5.41, 5.74) is 8.28. The molecule has 0 spiro atoms. The molecule has 0 heterocycles. The largest absolute Gasteiger partial charge is 0.457 e. The molecule has 7 nitrogen and oxygen atoms in total. The maximum atomic E-state index is 12.7. The van der Waals surface area contributed by atoms with Crippen LogP contribution in [0.1, 0.15) is 33.2 Å². The molecule has 8 heteroatoms. The fraction of sp³-hybridized carbons (Fsp3) is 0.208. The third-order valence-electron chi connectivity index (χ3n) is 4.35. The maximum absolute atomic E-state index is 12.7. The summed E-state index contributed by atoms with van der Waals surface area (Å²) in [6, 6.07) is 10.2. The van der Waals surface area contributed by atoms with E-state index in [1.807, 2.05) is 13.2 Å². The van der Waals surface area contributed by atoms with E-state index >= 15 is 0 Å². The van der Waals surface area contributed by atoms with Crippen molar-refractivity contribution >= 4 is 35.0 Å². The van der Waals surface area contributed by atoms with Gasteiger partial charge in [-0.25, -0.2) is 0 Å². The van der Waals surface area contributed by atoms with Crippen molar-refractivity contribution in [1.82, 2.24) is 10.2 Å². The predicted molar refractivity (Wildman–Crippen MR) is 132 cm³/mol. The number of thioether (sulfide) groups is 1. The Labute approximate surface area is 193 Å². The van der Waals surface area contributed by atoms with Gasteiger partial charge >= 0.3 is 0 Å². The second-order valence-corrected chi connectivity index (χ2v) is 7.97. The lowest BCUT2D eigenvalue weighted by Gasteiger charge is -2.16. The minimum Gasteiger partial charge on any atom is -0.457 e. The number of carbonyl (C=O) groups excluding carboxylic acids is 2. The van der Waals surface area contributed by atoms with E-state index in [1.54, 1.807) is 63.7 Å². The lowest BCUT2D eigenvalue weighted by atomic mass is 10.0. The Kier molecular flexibility index (Phi) is 8.66. The van der Waals surface area contributed by atoms with Gasteiger partial charge in [0, 0.05) is 42.7 Å². The average Bonchev–Trinajstić information content (AvgIpc) is 2.76. The highest BCUT2D eigenvalue weighted by Crippen LogP contribution is 2.38. The van der Waals surface area contributed by atoms with Crippen molar-refractivity contribution in [2.75, 3.05) is 27.4 Å². The first-order valence-corrected chi connectivity index (χ1v) is 11.0. The van der Waals surface area contributed by atoms with Gasteiger partial charge in [0.25, 0.3) is 11.8 Å². The van der Waals surface area contributed by atoms with Crippen LogP contribution in [0.25, 0.3) is 5.57 Å². The standard InChI is InChI=1S/C24H28N4O3S/c1-15(2)22-19(31-18-9-7-16(8-10-18)24(30)28(4)5)13-17(14-20(22)32-6)23(29)27-21(25)11-12-26-3/h7-14,26H,1H2,2-6H3,(H2,25,27,29)/b12-11-. The van der Waals surface area contributed by atoms with Crippen LogP contribution in [-0.4, -0.2) is 49.9 Å². The molecule has 0 aliphatic heterocycles. The van der Waals surface area contributed by atoms with Crippen molar-refractivity contribution < 1.29 is 14.3 Å². The topological polar surface area (TPSA) is 97.0 Å². The molecule has 2 amide bonds. The number of hydrogen-bond acceptors (Lipinski definition) is 5. The van der Waals surface area contributed by atoms with Gasteiger partial charge in [-0.3, -0.25) is 9.59 Å². The monoisotopic (exact) mass is 452 g/mol. The second-order valence-electron chi connectivity index (χ2n) is 7.12. The van der Waals surface area contributed by atoms with Gasteiger partial charge in [-0.1, -0.05) is 6.58 Å². The van der Waals surface area contributed by atoms with Crippen LogP contribution in [0.3, 0.4) is 0 Å². The molecule has 0 saturated carbocycles. The summed E-state index contributed by atoms with van der Waals surface area (Å²) in [6.07, 6.45) is 5.00. The molecular formula is C24H28N4O3S. The minimum atomic E-state index is -0.483. The smallest absolute Gasteiger partial charge is 0.279 e. The number of carbonyl (C=O) groups is 2. The number of amides is 2. The van der Waals surface area contributed by atoms with E-state index in [0.29, 0.717) is 22.6 Å². The maximum Gasteiger partial charge on any atom is 0.279 e. The summed E-state index contributed by atoms with van der Waals surface area (Å²) in [6.45, 7) is 5.93. The zero-order chi connectivity index (χ0) is 23.8. The van der Waals surface area contributed by atoms with E-state index in [9.17, 15) is 9.59 Å². The van der Waals surface area contributed by atoms with Crippen molar-refractivity contribution in [3.63, 3.8) is 0 Å². The Balaban J connectivity index is 2.47. The van der Waals surface area contributed by atoms with Crippen LogP contribution in [0.2, 0.25) is 0 Å². The van der Waals surface area contributed by atoms with Crippen molar-refractivity contribution in [3.8, 4) is 11.5 Å². The molecule has 0 aliphatic carbocycles. The molecule has 2 aromatic carbocycles. The van der Waals surface area contributed by atoms with Crippen LogP contribution >= 0.6 is 11.8 Å². The third kappa shape index (κ3) is 6.24. The number of nitrogens with zero attached hydrogens (tertiary/aromatic N) is 2. The molecule has 2 aromatic rings. The zero-order valence-corrected chi connectivity index (χ0v) is 19.7. The predicted octanol–water partition coefficient (Wildman–Crippen LogP) is 4.17. The number of benzene rings is 2. The number of amidine groups is 1. The molecule has 0 saturated heterocycles. The SMILES string of the molecule is C=C(C)c1c(Oc2ccc(C(=O)N(C)C)cc2)cc(C(=O)N=C(N)/C=C\NC)cc1SC. The molecule has 0 aromatic heterocycles. The van der Waals surface area contributed by atoms with Crippen LogP contribution < -0.4 is 15.8 Å². The van der Waals surface area contributed by atoms with Crippen LogP contribution in [0.15, 0.2) is 65.1 Å². The van der Waals surface area contributed by atoms with E-state index in [-0.39, 0.29) is 11.7 Å². The van der Waals surface area contributed by atoms with Crippen LogP contribution in [-0.2, 0) is 0 Å². The van der Waals surface area contributed by atoms with Crippen molar-refractivity contribution in [1.29, 1.82) is 0 Å². The van der Waals surface area contributed by atoms with Crippen molar-refractivity contribution in [2.24, 2.45) is 10.7 Å².